The van der Waals surface area contributed by atoms with E-state index in [2.05, 4.69) is 15.3 Å². The Labute approximate surface area is 83.8 Å². The van der Waals surface area contributed by atoms with Gasteiger partial charge in [0.25, 0.3) is 0 Å². The average Bonchev–Trinajstić information content (AvgIpc) is 2.16. The van der Waals surface area contributed by atoms with E-state index >= 15 is 0 Å². The lowest BCUT2D eigenvalue weighted by molar-refractivity contribution is 0.459. The zero-order chi connectivity index (χ0) is 10.6. The lowest BCUT2D eigenvalue weighted by Crippen LogP contribution is -2.19. The van der Waals surface area contributed by atoms with Crippen molar-refractivity contribution < 1.29 is 4.39 Å². The molecule has 1 atom stereocenters. The zero-order valence-corrected chi connectivity index (χ0v) is 8.84. The van der Waals surface area contributed by atoms with Gasteiger partial charge in [-0.15, -0.1) is 0 Å². The molecule has 0 aliphatic carbocycles. The van der Waals surface area contributed by atoms with Gasteiger partial charge in [0.15, 0.2) is 0 Å². The minimum atomic E-state index is -0.418. The van der Waals surface area contributed by atoms with E-state index in [4.69, 9.17) is 0 Å². The summed E-state index contributed by atoms with van der Waals surface area (Å²) in [5, 5.41) is 2.91. The van der Waals surface area contributed by atoms with Gasteiger partial charge < -0.3 is 5.32 Å². The Morgan fingerprint density at radius 3 is 2.79 bits per heavy atom. The molecule has 0 aromatic carbocycles. The van der Waals surface area contributed by atoms with E-state index in [-0.39, 0.29) is 6.04 Å². The molecule has 0 fully saturated rings. The van der Waals surface area contributed by atoms with Gasteiger partial charge in [0.2, 0.25) is 5.95 Å². The molecule has 0 spiro atoms. The van der Waals surface area contributed by atoms with Crippen LogP contribution in [0.2, 0.25) is 0 Å². The number of anilines is 1. The number of halogens is 1. The average molecular weight is 197 g/mol. The van der Waals surface area contributed by atoms with Crippen LogP contribution < -0.4 is 5.32 Å². The lowest BCUT2D eigenvalue weighted by atomic mass is 10.3. The molecule has 1 N–H and O–H groups in total. The second-order valence-electron chi connectivity index (χ2n) is 3.38. The highest BCUT2D eigenvalue weighted by atomic mass is 19.1. The molecule has 0 saturated heterocycles. The van der Waals surface area contributed by atoms with E-state index in [1.807, 2.05) is 19.9 Å². The maximum Gasteiger partial charge on any atom is 0.223 e. The SMILES string of the molecule is CCc1cc(C)nc(NC(C)CF)n1. The highest BCUT2D eigenvalue weighted by Crippen LogP contribution is 2.06. The Kier molecular flexibility index (Phi) is 3.80. The van der Waals surface area contributed by atoms with Crippen molar-refractivity contribution in [3.8, 4) is 0 Å². The summed E-state index contributed by atoms with van der Waals surface area (Å²) in [6.07, 6.45) is 0.863. The topological polar surface area (TPSA) is 37.8 Å². The number of hydrogen-bond donors (Lipinski definition) is 1. The Morgan fingerprint density at radius 1 is 1.50 bits per heavy atom. The Morgan fingerprint density at radius 2 is 2.21 bits per heavy atom. The molecular formula is C10H16FN3. The largest absolute Gasteiger partial charge is 0.349 e. The lowest BCUT2D eigenvalue weighted by Gasteiger charge is -2.10. The highest BCUT2D eigenvalue weighted by Gasteiger charge is 2.04. The van der Waals surface area contributed by atoms with Gasteiger partial charge in [-0.1, -0.05) is 6.92 Å². The first kappa shape index (κ1) is 10.9. The van der Waals surface area contributed by atoms with E-state index in [1.54, 1.807) is 6.92 Å². The highest BCUT2D eigenvalue weighted by molar-refractivity contribution is 5.29. The van der Waals surface area contributed by atoms with Crippen LogP contribution in [0.3, 0.4) is 0 Å². The second-order valence-corrected chi connectivity index (χ2v) is 3.38. The van der Waals surface area contributed by atoms with Crippen molar-refractivity contribution >= 4 is 5.95 Å². The van der Waals surface area contributed by atoms with Crippen molar-refractivity contribution in [1.29, 1.82) is 0 Å². The van der Waals surface area contributed by atoms with Crippen molar-refractivity contribution in [1.82, 2.24) is 9.97 Å². The van der Waals surface area contributed by atoms with Gasteiger partial charge >= 0.3 is 0 Å². The molecule has 1 unspecified atom stereocenters. The predicted octanol–water partition coefficient (Wildman–Crippen LogP) is 2.12. The van der Waals surface area contributed by atoms with E-state index in [1.165, 1.54) is 0 Å². The molecule has 1 aromatic rings. The van der Waals surface area contributed by atoms with Gasteiger partial charge in [0.05, 0.1) is 6.04 Å². The van der Waals surface area contributed by atoms with Crippen LogP contribution in [0.1, 0.15) is 25.2 Å². The number of alkyl halides is 1. The quantitative estimate of drug-likeness (QED) is 0.803. The van der Waals surface area contributed by atoms with Gasteiger partial charge in [-0.25, -0.2) is 14.4 Å². The van der Waals surface area contributed by atoms with E-state index in [0.717, 1.165) is 17.8 Å². The Hall–Kier alpha value is -1.19. The summed E-state index contributed by atoms with van der Waals surface area (Å²) < 4.78 is 12.2. The van der Waals surface area contributed by atoms with Gasteiger partial charge in [-0.05, 0) is 26.3 Å². The molecule has 4 heteroatoms. The number of nitrogens with zero attached hydrogens (tertiary/aromatic N) is 2. The predicted molar refractivity (Wildman–Crippen MR) is 55.2 cm³/mol. The monoisotopic (exact) mass is 197 g/mol. The van der Waals surface area contributed by atoms with Gasteiger partial charge in [-0.3, -0.25) is 0 Å². The van der Waals surface area contributed by atoms with Crippen LogP contribution in [0.5, 0.6) is 0 Å². The van der Waals surface area contributed by atoms with Crippen molar-refractivity contribution in [2.45, 2.75) is 33.2 Å². The number of aryl methyl sites for hydroxylation is 2. The third-order valence-electron chi connectivity index (χ3n) is 1.88. The fourth-order valence-electron chi connectivity index (χ4n) is 1.14. The summed E-state index contributed by atoms with van der Waals surface area (Å²) in [6.45, 7) is 5.28. The fourth-order valence-corrected chi connectivity index (χ4v) is 1.14. The first-order chi connectivity index (χ1) is 6.65. The summed E-state index contributed by atoms with van der Waals surface area (Å²) >= 11 is 0. The molecule has 78 valence electrons. The third kappa shape index (κ3) is 2.94. The van der Waals surface area contributed by atoms with Crippen LogP contribution >= 0.6 is 0 Å². The van der Waals surface area contributed by atoms with E-state index < -0.39 is 6.67 Å². The van der Waals surface area contributed by atoms with Crippen molar-refractivity contribution in [3.63, 3.8) is 0 Å². The van der Waals surface area contributed by atoms with Crippen molar-refractivity contribution in [2.75, 3.05) is 12.0 Å². The molecule has 0 aliphatic rings. The van der Waals surface area contributed by atoms with Crippen LogP contribution in [-0.4, -0.2) is 22.7 Å². The van der Waals surface area contributed by atoms with Crippen LogP contribution in [-0.2, 0) is 6.42 Å². The minimum absolute atomic E-state index is 0.235. The number of rotatable bonds is 4. The normalized spacial score (nSPS) is 12.6. The molecule has 0 amide bonds. The summed E-state index contributed by atoms with van der Waals surface area (Å²) in [7, 11) is 0. The Balaban J connectivity index is 2.81. The first-order valence-corrected chi connectivity index (χ1v) is 4.82. The number of aromatic nitrogens is 2. The molecule has 14 heavy (non-hydrogen) atoms. The smallest absolute Gasteiger partial charge is 0.223 e. The standard InChI is InChI=1S/C10H16FN3/c1-4-9-5-7(2)12-10(14-9)13-8(3)6-11/h5,8H,4,6H2,1-3H3,(H,12,13,14). The molecule has 0 bridgehead atoms. The van der Waals surface area contributed by atoms with Crippen LogP contribution in [0.25, 0.3) is 0 Å². The van der Waals surface area contributed by atoms with Gasteiger partial charge in [0, 0.05) is 11.4 Å². The summed E-state index contributed by atoms with van der Waals surface area (Å²) in [5.41, 5.74) is 1.89. The molecule has 1 rings (SSSR count). The Bertz CT molecular complexity index is 301. The first-order valence-electron chi connectivity index (χ1n) is 4.82. The molecule has 0 saturated carbocycles. The van der Waals surface area contributed by atoms with Crippen molar-refractivity contribution in [3.05, 3.63) is 17.5 Å². The molecule has 0 radical (unpaired) electrons. The van der Waals surface area contributed by atoms with Crippen LogP contribution in [0.15, 0.2) is 6.07 Å². The number of nitrogens with one attached hydrogen (secondary N) is 1. The van der Waals surface area contributed by atoms with Crippen LogP contribution in [0.4, 0.5) is 10.3 Å². The summed E-state index contributed by atoms with van der Waals surface area (Å²) in [4.78, 5) is 8.43. The molecule has 3 nitrogen and oxygen atoms in total. The molecule has 0 aliphatic heterocycles. The molecular weight excluding hydrogens is 181 g/mol. The van der Waals surface area contributed by atoms with Gasteiger partial charge in [-0.2, -0.15) is 0 Å². The van der Waals surface area contributed by atoms with Gasteiger partial charge in [0.1, 0.15) is 6.67 Å². The second kappa shape index (κ2) is 4.88. The summed E-state index contributed by atoms with van der Waals surface area (Å²) in [5.74, 6) is 0.520. The number of hydrogen-bond acceptors (Lipinski definition) is 3. The van der Waals surface area contributed by atoms with E-state index in [9.17, 15) is 4.39 Å². The van der Waals surface area contributed by atoms with Crippen molar-refractivity contribution in [2.24, 2.45) is 0 Å². The van der Waals surface area contributed by atoms with E-state index in [0.29, 0.717) is 5.95 Å². The minimum Gasteiger partial charge on any atom is -0.349 e. The molecule has 1 heterocycles. The fraction of sp³-hybridized carbons (Fsp3) is 0.600. The van der Waals surface area contributed by atoms with Crippen LogP contribution in [0, 0.1) is 6.92 Å². The maximum absolute atomic E-state index is 12.2. The maximum atomic E-state index is 12.2. The zero-order valence-electron chi connectivity index (χ0n) is 8.84. The molecule has 1 aromatic heterocycles. The summed E-state index contributed by atoms with van der Waals surface area (Å²) in [6, 6.07) is 1.70. The third-order valence-corrected chi connectivity index (χ3v) is 1.88.